The van der Waals surface area contributed by atoms with Gasteiger partial charge in [-0.15, -0.1) is 0 Å². The van der Waals surface area contributed by atoms with Crippen LogP contribution in [0.15, 0.2) is 70.6 Å². The lowest BCUT2D eigenvalue weighted by Gasteiger charge is -2.14. The Hall–Kier alpha value is -3.51. The number of ether oxygens (including phenoxy) is 3. The van der Waals surface area contributed by atoms with Gasteiger partial charge in [0.25, 0.3) is 11.8 Å². The summed E-state index contributed by atoms with van der Waals surface area (Å²) >= 11 is 3.45. The monoisotopic (exact) mass is 657 g/mol. The van der Waals surface area contributed by atoms with Gasteiger partial charge in [-0.3, -0.25) is 14.5 Å². The number of amidine groups is 1. The second-order valence-electron chi connectivity index (χ2n) is 8.49. The van der Waals surface area contributed by atoms with E-state index in [0.29, 0.717) is 33.8 Å². The Labute approximate surface area is 245 Å². The van der Waals surface area contributed by atoms with Crippen LogP contribution in [0.5, 0.6) is 17.2 Å². The molecule has 1 heterocycles. The normalized spacial score (nSPS) is 15.1. The molecular weight excluding hydrogens is 629 g/mol. The predicted molar refractivity (Wildman–Crippen MR) is 164 cm³/mol. The summed E-state index contributed by atoms with van der Waals surface area (Å²) in [5.74, 6) is 1.27. The molecule has 8 nitrogen and oxygen atoms in total. The molecule has 3 aromatic rings. The summed E-state index contributed by atoms with van der Waals surface area (Å²) in [4.78, 5) is 32.4. The number of hydrogen-bond acceptors (Lipinski definition) is 7. The third-order valence-corrected chi connectivity index (χ3v) is 7.54. The maximum Gasteiger partial charge on any atom is 0.266 e. The van der Waals surface area contributed by atoms with Gasteiger partial charge in [-0.25, -0.2) is 4.99 Å². The molecule has 0 aromatic heterocycles. The van der Waals surface area contributed by atoms with E-state index in [1.165, 1.54) is 18.9 Å². The van der Waals surface area contributed by atoms with Gasteiger partial charge in [-0.2, -0.15) is 0 Å². The zero-order valence-corrected chi connectivity index (χ0v) is 25.0. The van der Waals surface area contributed by atoms with Gasteiger partial charge >= 0.3 is 0 Å². The predicted octanol–water partition coefficient (Wildman–Crippen LogP) is 6.26. The van der Waals surface area contributed by atoms with E-state index in [9.17, 15) is 9.59 Å². The summed E-state index contributed by atoms with van der Waals surface area (Å²) in [7, 11) is 3.15. The van der Waals surface area contributed by atoms with Crippen LogP contribution in [0.2, 0.25) is 0 Å². The van der Waals surface area contributed by atoms with E-state index >= 15 is 0 Å². The Balaban J connectivity index is 1.50. The zero-order chi connectivity index (χ0) is 27.9. The molecule has 1 aliphatic heterocycles. The molecule has 0 unspecified atom stereocenters. The average Bonchev–Trinajstić information content (AvgIpc) is 3.22. The van der Waals surface area contributed by atoms with Gasteiger partial charge in [0.15, 0.2) is 23.3 Å². The summed E-state index contributed by atoms with van der Waals surface area (Å²) in [6, 6.07) is 18.6. The van der Waals surface area contributed by atoms with Crippen LogP contribution in [-0.4, -0.2) is 49.3 Å². The van der Waals surface area contributed by atoms with Crippen molar-refractivity contribution in [3.05, 3.63) is 80.3 Å². The molecule has 1 fully saturated rings. The van der Waals surface area contributed by atoms with Crippen LogP contribution in [0.3, 0.4) is 0 Å². The topological polar surface area (TPSA) is 89.5 Å². The molecular formula is C29H28IN3O5S. The minimum absolute atomic E-state index is 0.114. The lowest BCUT2D eigenvalue weighted by molar-refractivity contribution is -0.122. The second kappa shape index (κ2) is 13.0. The Kier molecular flexibility index (Phi) is 9.52. The van der Waals surface area contributed by atoms with E-state index in [1.807, 2.05) is 74.5 Å². The van der Waals surface area contributed by atoms with E-state index < -0.39 is 0 Å². The number of likely N-dealkylation sites (N-methyl/N-ethyl adjacent to an activating group) is 1. The molecule has 1 saturated heterocycles. The van der Waals surface area contributed by atoms with Gasteiger partial charge in [0.2, 0.25) is 0 Å². The van der Waals surface area contributed by atoms with Crippen molar-refractivity contribution in [2.45, 2.75) is 13.8 Å². The summed E-state index contributed by atoms with van der Waals surface area (Å²) in [6.45, 7) is 4.22. The first-order valence-electron chi connectivity index (χ1n) is 12.1. The van der Waals surface area contributed by atoms with Crippen molar-refractivity contribution in [3.8, 4) is 17.2 Å². The van der Waals surface area contributed by atoms with Gasteiger partial charge in [0.1, 0.15) is 5.75 Å². The zero-order valence-electron chi connectivity index (χ0n) is 22.0. The van der Waals surface area contributed by atoms with Gasteiger partial charge in [0.05, 0.1) is 28.4 Å². The summed E-state index contributed by atoms with van der Waals surface area (Å²) in [6.07, 6.45) is 1.81. The molecule has 0 atom stereocenters. The quantitative estimate of drug-likeness (QED) is 0.216. The lowest BCUT2D eigenvalue weighted by Crippen LogP contribution is -2.28. The SMILES string of the molecule is CCN1C(=O)/C(=C\c2cc(I)c(OCC(=O)Nc3ccc(C)cc3)c(OC)c2)SC1=Nc1ccc(OC)cc1. The van der Waals surface area contributed by atoms with Crippen molar-refractivity contribution >= 4 is 68.8 Å². The number of hydrogen-bond donors (Lipinski definition) is 1. The highest BCUT2D eigenvalue weighted by Crippen LogP contribution is 2.38. The van der Waals surface area contributed by atoms with Crippen molar-refractivity contribution in [2.24, 2.45) is 4.99 Å². The summed E-state index contributed by atoms with van der Waals surface area (Å²) in [5.41, 5.74) is 3.31. The lowest BCUT2D eigenvalue weighted by atomic mass is 10.2. The number of nitrogens with one attached hydrogen (secondary N) is 1. The first-order valence-corrected chi connectivity index (χ1v) is 14.0. The second-order valence-corrected chi connectivity index (χ2v) is 10.7. The molecule has 0 bridgehead atoms. The smallest absolute Gasteiger partial charge is 0.266 e. The summed E-state index contributed by atoms with van der Waals surface area (Å²) in [5, 5.41) is 3.43. The molecule has 1 aliphatic rings. The molecule has 4 rings (SSSR count). The average molecular weight is 658 g/mol. The van der Waals surface area contributed by atoms with Crippen molar-refractivity contribution in [2.75, 3.05) is 32.7 Å². The van der Waals surface area contributed by atoms with Crippen molar-refractivity contribution in [1.82, 2.24) is 4.90 Å². The number of carbonyl (C=O) groups excluding carboxylic acids is 2. The Morgan fingerprint density at radius 1 is 1.08 bits per heavy atom. The van der Waals surface area contributed by atoms with Crippen molar-refractivity contribution in [1.29, 1.82) is 0 Å². The fourth-order valence-corrected chi connectivity index (χ4v) is 5.57. The molecule has 10 heteroatoms. The fourth-order valence-electron chi connectivity index (χ4n) is 3.72. The molecule has 0 saturated carbocycles. The molecule has 39 heavy (non-hydrogen) atoms. The Bertz CT molecular complexity index is 1420. The maximum absolute atomic E-state index is 13.1. The molecule has 3 aromatic carbocycles. The Morgan fingerprint density at radius 2 is 1.79 bits per heavy atom. The first-order chi connectivity index (χ1) is 18.8. The number of thioether (sulfide) groups is 1. The van der Waals surface area contributed by atoms with E-state index in [2.05, 4.69) is 32.9 Å². The Morgan fingerprint density at radius 3 is 2.44 bits per heavy atom. The van der Waals surface area contributed by atoms with Crippen LogP contribution >= 0.6 is 34.4 Å². The number of nitrogens with zero attached hydrogens (tertiary/aromatic N) is 2. The van der Waals surface area contributed by atoms with Crippen LogP contribution in [0.1, 0.15) is 18.1 Å². The van der Waals surface area contributed by atoms with E-state index in [0.717, 1.165) is 26.1 Å². The maximum atomic E-state index is 13.1. The molecule has 1 N–H and O–H groups in total. The number of halogens is 1. The first kappa shape index (κ1) is 28.5. The number of benzene rings is 3. The van der Waals surface area contributed by atoms with Gasteiger partial charge in [0, 0.05) is 12.2 Å². The van der Waals surface area contributed by atoms with Gasteiger partial charge in [-0.1, -0.05) is 17.7 Å². The third-order valence-electron chi connectivity index (χ3n) is 5.73. The van der Waals surface area contributed by atoms with Crippen LogP contribution < -0.4 is 19.5 Å². The van der Waals surface area contributed by atoms with E-state index in [1.54, 1.807) is 18.1 Å². The number of aryl methyl sites for hydroxylation is 1. The highest BCUT2D eigenvalue weighted by atomic mass is 127. The van der Waals surface area contributed by atoms with Crippen LogP contribution in [-0.2, 0) is 9.59 Å². The number of methoxy groups -OCH3 is 2. The van der Waals surface area contributed by atoms with Crippen molar-refractivity contribution in [3.63, 3.8) is 0 Å². The van der Waals surface area contributed by atoms with Gasteiger partial charge in [-0.05, 0) is 108 Å². The number of aliphatic imine (C=N–C) groups is 1. The van der Waals surface area contributed by atoms with Crippen LogP contribution in [0.25, 0.3) is 6.08 Å². The fraction of sp³-hybridized carbons (Fsp3) is 0.207. The molecule has 2 amide bonds. The van der Waals surface area contributed by atoms with Gasteiger partial charge < -0.3 is 19.5 Å². The largest absolute Gasteiger partial charge is 0.497 e. The highest BCUT2D eigenvalue weighted by Gasteiger charge is 2.32. The molecule has 0 radical (unpaired) electrons. The third kappa shape index (κ3) is 7.12. The number of carbonyl (C=O) groups is 2. The van der Waals surface area contributed by atoms with Crippen LogP contribution in [0, 0.1) is 10.5 Å². The standard InChI is InChI=1S/C29H28IN3O5S/c1-5-33-28(35)25(39-29(33)32-21-10-12-22(36-3)13-11-21)16-19-14-23(30)27(24(15-19)37-4)38-17-26(34)31-20-8-6-18(2)7-9-20/h6-16H,5,17H2,1-4H3,(H,31,34)/b25-16+,32-29?. The number of rotatable bonds is 9. The molecule has 0 spiro atoms. The minimum atomic E-state index is -0.279. The highest BCUT2D eigenvalue weighted by molar-refractivity contribution is 14.1. The molecule has 0 aliphatic carbocycles. The van der Waals surface area contributed by atoms with E-state index in [4.69, 9.17) is 14.2 Å². The van der Waals surface area contributed by atoms with Crippen molar-refractivity contribution < 1.29 is 23.8 Å². The minimum Gasteiger partial charge on any atom is -0.497 e. The summed E-state index contributed by atoms with van der Waals surface area (Å²) < 4.78 is 17.3. The van der Waals surface area contributed by atoms with E-state index in [-0.39, 0.29) is 18.4 Å². The van der Waals surface area contributed by atoms with Crippen LogP contribution in [0.4, 0.5) is 11.4 Å². The number of amides is 2. The molecule has 202 valence electrons. The number of anilines is 1.